The Balaban J connectivity index is 2.10. The first kappa shape index (κ1) is 14.3. The van der Waals surface area contributed by atoms with Crippen LogP contribution in [0.5, 0.6) is 0 Å². The Morgan fingerprint density at radius 3 is 2.68 bits per heavy atom. The van der Waals surface area contributed by atoms with Gasteiger partial charge in [0.1, 0.15) is 5.82 Å². The van der Waals surface area contributed by atoms with Gasteiger partial charge in [-0.05, 0) is 43.4 Å². The van der Waals surface area contributed by atoms with Crippen molar-refractivity contribution in [2.45, 2.75) is 43.8 Å². The van der Waals surface area contributed by atoms with Crippen LogP contribution in [0.1, 0.15) is 31.2 Å². The summed E-state index contributed by atoms with van der Waals surface area (Å²) in [6.07, 6.45) is -2.81. The van der Waals surface area contributed by atoms with Crippen LogP contribution in [-0.4, -0.2) is 11.7 Å². The molecule has 2 unspecified atom stereocenters. The fraction of sp³-hybridized carbons (Fsp3) is 0.571. The van der Waals surface area contributed by atoms with Crippen molar-refractivity contribution < 1.29 is 17.6 Å². The number of hydrogen-bond donors (Lipinski definition) is 1. The van der Waals surface area contributed by atoms with Crippen LogP contribution in [0.15, 0.2) is 24.3 Å². The lowest BCUT2D eigenvalue weighted by atomic mass is 9.73. The summed E-state index contributed by atoms with van der Waals surface area (Å²) in [5.41, 5.74) is 5.88. The van der Waals surface area contributed by atoms with Crippen molar-refractivity contribution in [2.24, 2.45) is 11.7 Å². The zero-order valence-electron chi connectivity index (χ0n) is 10.5. The molecule has 0 aromatic heterocycles. The summed E-state index contributed by atoms with van der Waals surface area (Å²) in [6.45, 7) is 0. The summed E-state index contributed by atoms with van der Waals surface area (Å²) in [4.78, 5) is 0. The molecule has 106 valence electrons. The number of hydrogen-bond acceptors (Lipinski definition) is 1. The quantitative estimate of drug-likeness (QED) is 0.816. The van der Waals surface area contributed by atoms with E-state index in [2.05, 4.69) is 0 Å². The molecule has 0 heterocycles. The van der Waals surface area contributed by atoms with E-state index in [0.29, 0.717) is 18.4 Å². The minimum absolute atomic E-state index is 0.0764. The second kappa shape index (κ2) is 5.12. The number of benzene rings is 1. The van der Waals surface area contributed by atoms with Gasteiger partial charge in [-0.2, -0.15) is 13.2 Å². The Labute approximate surface area is 109 Å². The molecule has 19 heavy (non-hydrogen) atoms. The molecule has 0 spiro atoms. The third kappa shape index (κ3) is 3.69. The topological polar surface area (TPSA) is 26.0 Å². The smallest absolute Gasteiger partial charge is 0.325 e. The SMILES string of the molecule is NC1(Cc2cccc(F)c2)CCCC(C(F)(F)F)C1. The minimum Gasteiger partial charge on any atom is -0.325 e. The summed E-state index contributed by atoms with van der Waals surface area (Å²) in [7, 11) is 0. The van der Waals surface area contributed by atoms with E-state index < -0.39 is 17.6 Å². The highest BCUT2D eigenvalue weighted by Crippen LogP contribution is 2.41. The highest BCUT2D eigenvalue weighted by atomic mass is 19.4. The van der Waals surface area contributed by atoms with Gasteiger partial charge in [-0.25, -0.2) is 4.39 Å². The summed E-state index contributed by atoms with van der Waals surface area (Å²) in [5, 5.41) is 0. The Morgan fingerprint density at radius 1 is 1.32 bits per heavy atom. The fourth-order valence-corrected chi connectivity index (χ4v) is 2.89. The summed E-state index contributed by atoms with van der Waals surface area (Å²) < 4.78 is 51.4. The number of halogens is 4. The zero-order chi connectivity index (χ0) is 14.1. The van der Waals surface area contributed by atoms with Crippen molar-refractivity contribution in [1.29, 1.82) is 0 Å². The molecule has 1 aliphatic carbocycles. The Morgan fingerprint density at radius 2 is 2.05 bits per heavy atom. The number of nitrogens with two attached hydrogens (primary N) is 1. The zero-order valence-corrected chi connectivity index (χ0v) is 10.5. The van der Waals surface area contributed by atoms with Crippen molar-refractivity contribution in [2.75, 3.05) is 0 Å². The molecule has 0 saturated heterocycles. The number of alkyl halides is 3. The van der Waals surface area contributed by atoms with E-state index in [1.165, 1.54) is 12.1 Å². The van der Waals surface area contributed by atoms with Gasteiger partial charge in [-0.15, -0.1) is 0 Å². The van der Waals surface area contributed by atoms with Crippen molar-refractivity contribution in [3.63, 3.8) is 0 Å². The predicted molar refractivity (Wildman–Crippen MR) is 65.0 cm³/mol. The molecule has 1 saturated carbocycles. The van der Waals surface area contributed by atoms with Crippen LogP contribution in [0.3, 0.4) is 0 Å². The van der Waals surface area contributed by atoms with Gasteiger partial charge >= 0.3 is 6.18 Å². The molecule has 5 heteroatoms. The van der Waals surface area contributed by atoms with Gasteiger partial charge in [-0.1, -0.05) is 18.6 Å². The first-order valence-corrected chi connectivity index (χ1v) is 6.39. The molecule has 0 radical (unpaired) electrons. The fourth-order valence-electron chi connectivity index (χ4n) is 2.89. The lowest BCUT2D eigenvalue weighted by Crippen LogP contribution is -2.48. The lowest BCUT2D eigenvalue weighted by Gasteiger charge is -2.39. The van der Waals surface area contributed by atoms with Crippen molar-refractivity contribution in [1.82, 2.24) is 0 Å². The molecule has 0 aliphatic heterocycles. The van der Waals surface area contributed by atoms with Crippen LogP contribution in [0.4, 0.5) is 17.6 Å². The monoisotopic (exact) mass is 275 g/mol. The van der Waals surface area contributed by atoms with Gasteiger partial charge in [0.05, 0.1) is 5.92 Å². The van der Waals surface area contributed by atoms with E-state index in [-0.39, 0.29) is 25.1 Å². The molecular formula is C14H17F4N. The van der Waals surface area contributed by atoms with Crippen LogP contribution >= 0.6 is 0 Å². The highest BCUT2D eigenvalue weighted by molar-refractivity contribution is 5.19. The van der Waals surface area contributed by atoms with Crippen LogP contribution in [0.2, 0.25) is 0 Å². The molecule has 2 rings (SSSR count). The summed E-state index contributed by atoms with van der Waals surface area (Å²) in [5.74, 6) is -1.72. The average Bonchev–Trinajstić information content (AvgIpc) is 2.27. The lowest BCUT2D eigenvalue weighted by molar-refractivity contribution is -0.187. The van der Waals surface area contributed by atoms with Crippen molar-refractivity contribution in [3.8, 4) is 0 Å². The maximum atomic E-state index is 13.1. The Kier molecular flexibility index (Phi) is 3.85. The molecule has 2 N–H and O–H groups in total. The molecule has 1 fully saturated rings. The second-order valence-electron chi connectivity index (χ2n) is 5.50. The molecular weight excluding hydrogens is 258 g/mol. The molecule has 1 aromatic rings. The Bertz CT molecular complexity index is 443. The number of rotatable bonds is 2. The average molecular weight is 275 g/mol. The van der Waals surface area contributed by atoms with Gasteiger partial charge in [-0.3, -0.25) is 0 Å². The molecule has 0 amide bonds. The van der Waals surface area contributed by atoms with Crippen LogP contribution in [0, 0.1) is 11.7 Å². The normalized spacial score (nSPS) is 28.4. The predicted octanol–water partition coefficient (Wildman–Crippen LogP) is 3.82. The van der Waals surface area contributed by atoms with Crippen LogP contribution in [-0.2, 0) is 6.42 Å². The maximum Gasteiger partial charge on any atom is 0.391 e. The van der Waals surface area contributed by atoms with E-state index in [1.807, 2.05) is 0 Å². The van der Waals surface area contributed by atoms with Gasteiger partial charge < -0.3 is 5.73 Å². The first-order valence-electron chi connectivity index (χ1n) is 6.39. The van der Waals surface area contributed by atoms with Crippen molar-refractivity contribution in [3.05, 3.63) is 35.6 Å². The summed E-state index contributed by atoms with van der Waals surface area (Å²) >= 11 is 0. The van der Waals surface area contributed by atoms with E-state index in [1.54, 1.807) is 12.1 Å². The third-order valence-electron chi connectivity index (χ3n) is 3.79. The van der Waals surface area contributed by atoms with Crippen LogP contribution < -0.4 is 5.73 Å². The van der Waals surface area contributed by atoms with Gasteiger partial charge in [0.25, 0.3) is 0 Å². The van der Waals surface area contributed by atoms with Crippen molar-refractivity contribution >= 4 is 0 Å². The molecule has 2 atom stereocenters. The van der Waals surface area contributed by atoms with E-state index in [9.17, 15) is 17.6 Å². The molecule has 1 nitrogen and oxygen atoms in total. The van der Waals surface area contributed by atoms with E-state index in [0.717, 1.165) is 0 Å². The van der Waals surface area contributed by atoms with E-state index >= 15 is 0 Å². The Hall–Kier alpha value is -1.10. The molecule has 1 aromatic carbocycles. The minimum atomic E-state index is -4.19. The largest absolute Gasteiger partial charge is 0.391 e. The third-order valence-corrected chi connectivity index (χ3v) is 3.79. The van der Waals surface area contributed by atoms with E-state index in [4.69, 9.17) is 5.73 Å². The second-order valence-corrected chi connectivity index (χ2v) is 5.50. The van der Waals surface area contributed by atoms with Gasteiger partial charge in [0, 0.05) is 5.54 Å². The molecule has 1 aliphatic rings. The van der Waals surface area contributed by atoms with Gasteiger partial charge in [0.15, 0.2) is 0 Å². The standard InChI is InChI=1S/C14H17F4N/c15-12-5-1-3-10(7-12)8-13(19)6-2-4-11(9-13)14(16,17)18/h1,3,5,7,11H,2,4,6,8-9,19H2. The summed E-state index contributed by atoms with van der Waals surface area (Å²) in [6, 6.07) is 5.91. The highest BCUT2D eigenvalue weighted by Gasteiger charge is 2.46. The van der Waals surface area contributed by atoms with Crippen LogP contribution in [0.25, 0.3) is 0 Å². The molecule has 0 bridgehead atoms. The van der Waals surface area contributed by atoms with Gasteiger partial charge in [0.2, 0.25) is 0 Å². The first-order chi connectivity index (χ1) is 8.78. The maximum absolute atomic E-state index is 13.1.